The fourth-order valence-corrected chi connectivity index (χ4v) is 3.69. The molecule has 2 aromatic carbocycles. The molecule has 1 heterocycles. The third kappa shape index (κ3) is 5.04. The summed E-state index contributed by atoms with van der Waals surface area (Å²) in [4.78, 5) is 7.29. The van der Waals surface area contributed by atoms with Gasteiger partial charge in [0.25, 0.3) is 0 Å². The van der Waals surface area contributed by atoms with E-state index >= 15 is 0 Å². The average Bonchev–Trinajstić information content (AvgIpc) is 3.22. The van der Waals surface area contributed by atoms with E-state index in [1.807, 2.05) is 18.2 Å². The molecule has 0 aliphatic carbocycles. The van der Waals surface area contributed by atoms with Gasteiger partial charge in [-0.2, -0.15) is 0 Å². The number of hydrogen-bond acceptors (Lipinski definition) is 3. The van der Waals surface area contributed by atoms with E-state index < -0.39 is 0 Å². The van der Waals surface area contributed by atoms with E-state index in [0.29, 0.717) is 19.1 Å². The molecule has 28 heavy (non-hydrogen) atoms. The van der Waals surface area contributed by atoms with Crippen molar-refractivity contribution in [2.75, 3.05) is 33.9 Å². The first-order valence-corrected chi connectivity index (χ1v) is 9.98. The molecule has 1 aliphatic heterocycles. The molecule has 1 unspecified atom stereocenters. The fourth-order valence-electron chi connectivity index (χ4n) is 3.69. The minimum absolute atomic E-state index is 0.524. The molecule has 150 valence electrons. The lowest BCUT2D eigenvalue weighted by Crippen LogP contribution is -2.40. The van der Waals surface area contributed by atoms with Crippen LogP contribution in [0.3, 0.4) is 0 Å². The van der Waals surface area contributed by atoms with Crippen LogP contribution in [0.5, 0.6) is 5.75 Å². The van der Waals surface area contributed by atoms with Crippen LogP contribution in [0.25, 0.3) is 0 Å². The predicted molar refractivity (Wildman–Crippen MR) is 114 cm³/mol. The molecule has 0 aromatic heterocycles. The number of ether oxygens (including phenoxy) is 2. The summed E-state index contributed by atoms with van der Waals surface area (Å²) < 4.78 is 10.6. The number of aliphatic imine (C=N–C) groups is 1. The van der Waals surface area contributed by atoms with Gasteiger partial charge >= 0.3 is 0 Å². The number of methoxy groups -OCH3 is 2. The van der Waals surface area contributed by atoms with Gasteiger partial charge in [0.1, 0.15) is 5.75 Å². The molecule has 1 aliphatic rings. The van der Waals surface area contributed by atoms with E-state index in [-0.39, 0.29) is 0 Å². The number of likely N-dealkylation sites (tertiary alicyclic amines) is 1. The summed E-state index contributed by atoms with van der Waals surface area (Å²) in [5.41, 5.74) is 3.78. The summed E-state index contributed by atoms with van der Waals surface area (Å²) in [7, 11) is 3.43. The number of rotatable bonds is 7. The number of guanidine groups is 1. The molecule has 0 bridgehead atoms. The molecule has 0 radical (unpaired) electrons. The van der Waals surface area contributed by atoms with Crippen molar-refractivity contribution in [1.29, 1.82) is 0 Å². The van der Waals surface area contributed by atoms with Gasteiger partial charge in [-0.25, -0.2) is 4.99 Å². The van der Waals surface area contributed by atoms with Gasteiger partial charge in [0.2, 0.25) is 0 Å². The van der Waals surface area contributed by atoms with Crippen molar-refractivity contribution in [3.63, 3.8) is 0 Å². The molecule has 5 nitrogen and oxygen atoms in total. The Morgan fingerprint density at radius 2 is 1.86 bits per heavy atom. The van der Waals surface area contributed by atoms with Crippen molar-refractivity contribution in [3.8, 4) is 5.75 Å². The van der Waals surface area contributed by atoms with E-state index in [0.717, 1.165) is 37.8 Å². The van der Waals surface area contributed by atoms with Crippen LogP contribution in [0.1, 0.15) is 36.0 Å². The first kappa shape index (κ1) is 20.2. The Morgan fingerprint density at radius 1 is 1.11 bits per heavy atom. The second kappa shape index (κ2) is 10.1. The number of benzene rings is 2. The zero-order valence-corrected chi connectivity index (χ0v) is 17.1. The fraction of sp³-hybridized carbons (Fsp3) is 0.435. The Labute approximate surface area is 168 Å². The topological polar surface area (TPSA) is 46.1 Å². The summed E-state index contributed by atoms with van der Waals surface area (Å²) in [6.07, 6.45) is 1.14. The molecule has 5 heteroatoms. The van der Waals surface area contributed by atoms with Gasteiger partial charge in [-0.05, 0) is 42.2 Å². The summed E-state index contributed by atoms with van der Waals surface area (Å²) in [5, 5.41) is 3.46. The van der Waals surface area contributed by atoms with Crippen LogP contribution in [-0.4, -0.2) is 44.7 Å². The van der Waals surface area contributed by atoms with E-state index in [1.54, 1.807) is 14.2 Å². The van der Waals surface area contributed by atoms with Crippen LogP contribution in [0.2, 0.25) is 0 Å². The first-order chi connectivity index (χ1) is 13.7. The third-order valence-electron chi connectivity index (χ3n) is 5.23. The zero-order chi connectivity index (χ0) is 19.8. The summed E-state index contributed by atoms with van der Waals surface area (Å²) in [6.45, 7) is 6.25. The second-order valence-electron chi connectivity index (χ2n) is 7.08. The van der Waals surface area contributed by atoms with Crippen molar-refractivity contribution < 1.29 is 9.47 Å². The minimum atomic E-state index is 0.524. The highest BCUT2D eigenvalue weighted by atomic mass is 16.5. The summed E-state index contributed by atoms with van der Waals surface area (Å²) in [6, 6.07) is 16.8. The Bertz CT molecular complexity index is 774. The standard InChI is InChI=1S/C23H31N3O2/c1-4-24-23(25-15-19-7-5-6-8-21(19)17-27-2)26-14-13-20(16-26)18-9-11-22(28-3)12-10-18/h5-12,20H,4,13-17H2,1-3H3,(H,24,25). The van der Waals surface area contributed by atoms with Crippen molar-refractivity contribution in [2.45, 2.75) is 32.4 Å². The zero-order valence-electron chi connectivity index (χ0n) is 17.1. The molecule has 2 aromatic rings. The maximum atomic E-state index is 5.32. The van der Waals surface area contributed by atoms with Crippen LogP contribution in [0.4, 0.5) is 0 Å². The van der Waals surface area contributed by atoms with E-state index in [1.165, 1.54) is 16.7 Å². The molecule has 1 N–H and O–H groups in total. The molecule has 3 rings (SSSR count). The number of nitrogens with one attached hydrogen (secondary N) is 1. The Balaban J connectivity index is 1.69. The van der Waals surface area contributed by atoms with Crippen LogP contribution >= 0.6 is 0 Å². The number of hydrogen-bond donors (Lipinski definition) is 1. The van der Waals surface area contributed by atoms with Crippen LogP contribution < -0.4 is 10.1 Å². The lowest BCUT2D eigenvalue weighted by Gasteiger charge is -2.22. The lowest BCUT2D eigenvalue weighted by atomic mass is 9.98. The molecule has 1 fully saturated rings. The smallest absolute Gasteiger partial charge is 0.194 e. The van der Waals surface area contributed by atoms with Crippen LogP contribution in [0.15, 0.2) is 53.5 Å². The average molecular weight is 382 g/mol. The molecular formula is C23H31N3O2. The minimum Gasteiger partial charge on any atom is -0.497 e. The molecule has 0 amide bonds. The van der Waals surface area contributed by atoms with Gasteiger partial charge in [0.15, 0.2) is 5.96 Å². The van der Waals surface area contributed by atoms with Crippen molar-refractivity contribution in [1.82, 2.24) is 10.2 Å². The number of nitrogens with zero attached hydrogens (tertiary/aromatic N) is 2. The Hall–Kier alpha value is -2.53. The van der Waals surface area contributed by atoms with Crippen molar-refractivity contribution >= 4 is 5.96 Å². The predicted octanol–water partition coefficient (Wildman–Crippen LogP) is 3.80. The summed E-state index contributed by atoms with van der Waals surface area (Å²) in [5.74, 6) is 2.42. The highest BCUT2D eigenvalue weighted by Crippen LogP contribution is 2.28. The van der Waals surface area contributed by atoms with Crippen molar-refractivity contribution in [2.24, 2.45) is 4.99 Å². The normalized spacial score (nSPS) is 17.0. The second-order valence-corrected chi connectivity index (χ2v) is 7.08. The summed E-state index contributed by atoms with van der Waals surface area (Å²) >= 11 is 0. The quantitative estimate of drug-likeness (QED) is 0.585. The SMILES string of the molecule is CCNC(=NCc1ccccc1COC)N1CCC(c2ccc(OC)cc2)C1. The van der Waals surface area contributed by atoms with Gasteiger partial charge in [-0.3, -0.25) is 0 Å². The van der Waals surface area contributed by atoms with E-state index in [4.69, 9.17) is 14.5 Å². The van der Waals surface area contributed by atoms with Gasteiger partial charge < -0.3 is 19.7 Å². The van der Waals surface area contributed by atoms with Gasteiger partial charge in [0.05, 0.1) is 20.3 Å². The lowest BCUT2D eigenvalue weighted by molar-refractivity contribution is 0.184. The molecular weight excluding hydrogens is 350 g/mol. The largest absolute Gasteiger partial charge is 0.497 e. The van der Waals surface area contributed by atoms with Crippen LogP contribution in [0, 0.1) is 0 Å². The highest BCUT2D eigenvalue weighted by Gasteiger charge is 2.26. The van der Waals surface area contributed by atoms with Gasteiger partial charge in [-0.1, -0.05) is 36.4 Å². The van der Waals surface area contributed by atoms with Crippen molar-refractivity contribution in [3.05, 3.63) is 65.2 Å². The highest BCUT2D eigenvalue weighted by molar-refractivity contribution is 5.80. The molecule has 0 saturated carbocycles. The molecule has 1 saturated heterocycles. The Kier molecular flexibility index (Phi) is 7.31. The Morgan fingerprint density at radius 3 is 2.54 bits per heavy atom. The van der Waals surface area contributed by atoms with Gasteiger partial charge in [0, 0.05) is 32.7 Å². The maximum absolute atomic E-state index is 5.32. The third-order valence-corrected chi connectivity index (χ3v) is 5.23. The molecule has 1 atom stereocenters. The maximum Gasteiger partial charge on any atom is 0.194 e. The van der Waals surface area contributed by atoms with Gasteiger partial charge in [-0.15, -0.1) is 0 Å². The van der Waals surface area contributed by atoms with E-state index in [9.17, 15) is 0 Å². The monoisotopic (exact) mass is 381 g/mol. The van der Waals surface area contributed by atoms with E-state index in [2.05, 4.69) is 47.5 Å². The first-order valence-electron chi connectivity index (χ1n) is 9.98. The molecule has 0 spiro atoms. The van der Waals surface area contributed by atoms with Crippen LogP contribution in [-0.2, 0) is 17.9 Å².